The average Bonchev–Trinajstić information content (AvgIpc) is 3.17. The molecule has 1 amide bonds. The van der Waals surface area contributed by atoms with Crippen LogP contribution in [-0.4, -0.2) is 36.4 Å². The molecule has 1 saturated carbocycles. The molecule has 1 aliphatic heterocycles. The highest BCUT2D eigenvalue weighted by atomic mass is 28.4. The summed E-state index contributed by atoms with van der Waals surface area (Å²) in [5, 5.41) is 12.2. The first-order chi connectivity index (χ1) is 14.1. The standard InChI is InChI=1S/C25H33NO3Si/c1-24(2,3)30(4,5)29-22-20-16-21(25(22,28)19-14-10-7-11-15-19)26(23(20)27)17-18-12-8-6-9-13-18/h6-15,20-22,28H,16-17H2,1-5H3/t20-,21+,22+,25-/m1/s1. The zero-order chi connectivity index (χ0) is 21.7. The van der Waals surface area contributed by atoms with E-state index in [1.165, 1.54) is 0 Å². The van der Waals surface area contributed by atoms with Crippen LogP contribution in [0, 0.1) is 5.92 Å². The summed E-state index contributed by atoms with van der Waals surface area (Å²) in [6.07, 6.45) is 0.126. The Labute approximate surface area is 181 Å². The highest BCUT2D eigenvalue weighted by Gasteiger charge is 2.67. The quantitative estimate of drug-likeness (QED) is 0.710. The number of fused-ring (bicyclic) bond motifs is 2. The van der Waals surface area contributed by atoms with Crippen molar-refractivity contribution in [3.63, 3.8) is 0 Å². The van der Waals surface area contributed by atoms with Crippen molar-refractivity contribution in [2.24, 2.45) is 5.92 Å². The summed E-state index contributed by atoms with van der Waals surface area (Å²) in [4.78, 5) is 15.3. The third-order valence-electron chi connectivity index (χ3n) is 7.42. The van der Waals surface area contributed by atoms with Gasteiger partial charge in [-0.3, -0.25) is 4.79 Å². The second-order valence-corrected chi connectivity index (χ2v) is 15.1. The monoisotopic (exact) mass is 423 g/mol. The Morgan fingerprint density at radius 2 is 1.63 bits per heavy atom. The topological polar surface area (TPSA) is 49.8 Å². The normalized spacial score (nSPS) is 28.9. The van der Waals surface area contributed by atoms with E-state index in [0.717, 1.165) is 11.1 Å². The summed E-state index contributed by atoms with van der Waals surface area (Å²) in [6, 6.07) is 19.5. The van der Waals surface area contributed by atoms with Crippen molar-refractivity contribution in [2.45, 2.75) is 69.6 Å². The van der Waals surface area contributed by atoms with E-state index in [1.54, 1.807) is 0 Å². The molecule has 2 bridgehead atoms. The second kappa shape index (κ2) is 7.33. The lowest BCUT2D eigenvalue weighted by atomic mass is 9.82. The summed E-state index contributed by atoms with van der Waals surface area (Å²) in [7, 11) is -2.19. The number of hydrogen-bond donors (Lipinski definition) is 1. The van der Waals surface area contributed by atoms with Crippen molar-refractivity contribution in [1.29, 1.82) is 0 Å². The lowest BCUT2D eigenvalue weighted by Crippen LogP contribution is -2.61. The highest BCUT2D eigenvalue weighted by Crippen LogP contribution is 2.54. The van der Waals surface area contributed by atoms with Crippen LogP contribution in [0.3, 0.4) is 0 Å². The first kappa shape index (κ1) is 21.3. The third-order valence-corrected chi connectivity index (χ3v) is 11.9. The van der Waals surface area contributed by atoms with Gasteiger partial charge in [0.1, 0.15) is 5.60 Å². The van der Waals surface area contributed by atoms with Crippen LogP contribution in [-0.2, 0) is 21.4 Å². The van der Waals surface area contributed by atoms with Crippen LogP contribution in [0.5, 0.6) is 0 Å². The number of piperidine rings is 1. The summed E-state index contributed by atoms with van der Waals surface area (Å²) in [5.74, 6) is -0.203. The smallest absolute Gasteiger partial charge is 0.229 e. The predicted molar refractivity (Wildman–Crippen MR) is 121 cm³/mol. The van der Waals surface area contributed by atoms with Gasteiger partial charge in [-0.25, -0.2) is 0 Å². The zero-order valence-electron chi connectivity index (χ0n) is 18.6. The first-order valence-electron chi connectivity index (χ1n) is 10.9. The fourth-order valence-corrected chi connectivity index (χ4v) is 6.03. The van der Waals surface area contributed by atoms with E-state index in [0.29, 0.717) is 13.0 Å². The van der Waals surface area contributed by atoms with Crippen molar-refractivity contribution >= 4 is 14.2 Å². The summed E-state index contributed by atoms with van der Waals surface area (Å²) < 4.78 is 6.78. The van der Waals surface area contributed by atoms with E-state index in [9.17, 15) is 9.90 Å². The Balaban J connectivity index is 1.73. The molecule has 1 saturated heterocycles. The third kappa shape index (κ3) is 3.33. The van der Waals surface area contributed by atoms with Gasteiger partial charge in [0.2, 0.25) is 5.91 Å². The van der Waals surface area contributed by atoms with Crippen molar-refractivity contribution in [3.8, 4) is 0 Å². The molecule has 160 valence electrons. The van der Waals surface area contributed by atoms with E-state index in [1.807, 2.05) is 65.6 Å². The minimum atomic E-state index is -2.19. The van der Waals surface area contributed by atoms with Gasteiger partial charge in [-0.05, 0) is 35.7 Å². The van der Waals surface area contributed by atoms with Crippen molar-refractivity contribution in [3.05, 3.63) is 71.8 Å². The molecular formula is C25H33NO3Si. The summed E-state index contributed by atoms with van der Waals surface area (Å²) >= 11 is 0. The number of carbonyl (C=O) groups excluding carboxylic acids is 1. The molecule has 4 atom stereocenters. The fraction of sp³-hybridized carbons (Fsp3) is 0.480. The Morgan fingerprint density at radius 3 is 2.20 bits per heavy atom. The number of rotatable bonds is 5. The Hall–Kier alpha value is -1.95. The van der Waals surface area contributed by atoms with Crippen LogP contribution in [0.1, 0.15) is 38.3 Å². The van der Waals surface area contributed by atoms with Gasteiger partial charge in [-0.1, -0.05) is 81.4 Å². The zero-order valence-corrected chi connectivity index (χ0v) is 19.6. The number of aliphatic hydroxyl groups is 1. The largest absolute Gasteiger partial charge is 0.410 e. The lowest BCUT2D eigenvalue weighted by molar-refractivity contribution is -0.164. The average molecular weight is 424 g/mol. The second-order valence-electron chi connectivity index (χ2n) is 10.3. The predicted octanol–water partition coefficient (Wildman–Crippen LogP) is 4.70. The lowest BCUT2D eigenvalue weighted by Gasteiger charge is -2.49. The molecule has 1 N–H and O–H groups in total. The van der Waals surface area contributed by atoms with Gasteiger partial charge >= 0.3 is 0 Å². The minimum absolute atomic E-state index is 0.000789. The molecule has 2 fully saturated rings. The Morgan fingerprint density at radius 1 is 1.07 bits per heavy atom. The van der Waals surface area contributed by atoms with Gasteiger partial charge in [0.25, 0.3) is 0 Å². The molecule has 4 nitrogen and oxygen atoms in total. The molecule has 5 heteroatoms. The van der Waals surface area contributed by atoms with E-state index in [2.05, 4.69) is 33.9 Å². The summed E-state index contributed by atoms with van der Waals surface area (Å²) in [6.45, 7) is 11.5. The number of amides is 1. The number of nitrogens with zero attached hydrogens (tertiary/aromatic N) is 1. The fourth-order valence-electron chi connectivity index (χ4n) is 4.70. The molecular weight excluding hydrogens is 390 g/mol. The maximum Gasteiger partial charge on any atom is 0.229 e. The molecule has 0 radical (unpaired) electrons. The number of carbonyl (C=O) groups is 1. The number of benzene rings is 2. The van der Waals surface area contributed by atoms with Gasteiger partial charge in [0.15, 0.2) is 8.32 Å². The molecule has 2 aromatic carbocycles. The highest BCUT2D eigenvalue weighted by molar-refractivity contribution is 6.74. The van der Waals surface area contributed by atoms with Crippen LogP contribution in [0.4, 0.5) is 0 Å². The SMILES string of the molecule is CC(C)(C)[Si](C)(C)O[C@H]1[C@H]2C[C@H](N(Cc3ccccc3)C2=O)[C@]1(O)c1ccccc1. The Kier molecular flexibility index (Phi) is 5.20. The van der Waals surface area contributed by atoms with Crippen LogP contribution >= 0.6 is 0 Å². The van der Waals surface area contributed by atoms with Crippen molar-refractivity contribution in [1.82, 2.24) is 4.90 Å². The first-order valence-corrected chi connectivity index (χ1v) is 13.8. The molecule has 0 unspecified atom stereocenters. The van der Waals surface area contributed by atoms with Gasteiger partial charge in [0.05, 0.1) is 18.1 Å². The van der Waals surface area contributed by atoms with Crippen LogP contribution in [0.2, 0.25) is 18.1 Å². The van der Waals surface area contributed by atoms with Crippen molar-refractivity contribution in [2.75, 3.05) is 0 Å². The maximum absolute atomic E-state index is 13.4. The summed E-state index contributed by atoms with van der Waals surface area (Å²) in [5.41, 5.74) is 0.715. The van der Waals surface area contributed by atoms with Gasteiger partial charge in [-0.2, -0.15) is 0 Å². The van der Waals surface area contributed by atoms with Crippen molar-refractivity contribution < 1.29 is 14.3 Å². The number of hydrogen-bond acceptors (Lipinski definition) is 3. The molecule has 1 aliphatic carbocycles. The number of likely N-dealkylation sites (tertiary alicyclic amines) is 1. The maximum atomic E-state index is 13.4. The Bertz CT molecular complexity index is 909. The molecule has 0 spiro atoms. The van der Waals surface area contributed by atoms with E-state index < -0.39 is 20.0 Å². The molecule has 0 aromatic heterocycles. The molecule has 4 rings (SSSR count). The molecule has 30 heavy (non-hydrogen) atoms. The van der Waals surface area contributed by atoms with Crippen LogP contribution in [0.15, 0.2) is 60.7 Å². The minimum Gasteiger partial charge on any atom is -0.410 e. The van der Waals surface area contributed by atoms with E-state index in [4.69, 9.17) is 4.43 Å². The van der Waals surface area contributed by atoms with E-state index >= 15 is 0 Å². The van der Waals surface area contributed by atoms with Gasteiger partial charge < -0.3 is 14.4 Å². The van der Waals surface area contributed by atoms with Crippen LogP contribution in [0.25, 0.3) is 0 Å². The van der Waals surface area contributed by atoms with Gasteiger partial charge in [-0.15, -0.1) is 0 Å². The van der Waals surface area contributed by atoms with E-state index in [-0.39, 0.29) is 22.9 Å². The molecule has 1 heterocycles. The molecule has 2 aliphatic rings. The molecule has 2 aromatic rings. The van der Waals surface area contributed by atoms with Crippen LogP contribution < -0.4 is 0 Å². The van der Waals surface area contributed by atoms with Gasteiger partial charge in [0, 0.05) is 6.54 Å².